The van der Waals surface area contributed by atoms with Gasteiger partial charge < -0.3 is 4.52 Å². The van der Waals surface area contributed by atoms with Gasteiger partial charge in [0.05, 0.1) is 6.20 Å². The van der Waals surface area contributed by atoms with Crippen LogP contribution in [0.3, 0.4) is 0 Å². The lowest BCUT2D eigenvalue weighted by atomic mass is 10.00. The highest BCUT2D eigenvalue weighted by Crippen LogP contribution is 2.25. The van der Waals surface area contributed by atoms with E-state index < -0.39 is 10.0 Å². The van der Waals surface area contributed by atoms with Gasteiger partial charge >= 0.3 is 0 Å². The Morgan fingerprint density at radius 2 is 2.16 bits per heavy atom. The van der Waals surface area contributed by atoms with Crippen LogP contribution in [0, 0.1) is 5.92 Å². The zero-order valence-electron chi connectivity index (χ0n) is 13.7. The minimum absolute atomic E-state index is 0.139. The lowest BCUT2D eigenvalue weighted by Gasteiger charge is -2.31. The molecule has 1 aliphatic rings. The fourth-order valence-electron chi connectivity index (χ4n) is 3.33. The van der Waals surface area contributed by atoms with E-state index in [2.05, 4.69) is 15.5 Å². The number of nitrogens with zero attached hydrogens (tertiary/aromatic N) is 5. The molecule has 0 saturated carbocycles. The maximum absolute atomic E-state index is 12.9. The zero-order chi connectivity index (χ0) is 17.3. The first kappa shape index (κ1) is 16.2. The number of sulfonamides is 1. The average Bonchev–Trinajstić information content (AvgIpc) is 3.25. The van der Waals surface area contributed by atoms with E-state index in [0.717, 1.165) is 18.2 Å². The quantitative estimate of drug-likeness (QED) is 0.686. The molecule has 132 valence electrons. The van der Waals surface area contributed by atoms with Gasteiger partial charge in [-0.1, -0.05) is 22.5 Å². The van der Waals surface area contributed by atoms with Crippen LogP contribution in [0.5, 0.6) is 0 Å². The molecule has 1 fully saturated rings. The van der Waals surface area contributed by atoms with Gasteiger partial charge in [-0.2, -0.15) is 0 Å². The monoisotopic (exact) mass is 361 g/mol. The Morgan fingerprint density at radius 3 is 3.00 bits per heavy atom. The van der Waals surface area contributed by atoms with E-state index in [0.29, 0.717) is 30.9 Å². The van der Waals surface area contributed by atoms with Crippen molar-refractivity contribution < 1.29 is 12.9 Å². The summed E-state index contributed by atoms with van der Waals surface area (Å²) in [5.41, 5.74) is 1.07. The summed E-state index contributed by atoms with van der Waals surface area (Å²) in [6.07, 6.45) is 5.26. The number of hydrogen-bond acceptors (Lipinski definition) is 6. The molecule has 1 atom stereocenters. The largest absolute Gasteiger partial charge is 0.356 e. The van der Waals surface area contributed by atoms with Crippen molar-refractivity contribution >= 4 is 21.0 Å². The van der Waals surface area contributed by atoms with Crippen molar-refractivity contribution in [2.24, 2.45) is 5.92 Å². The summed E-state index contributed by atoms with van der Waals surface area (Å²) in [5, 5.41) is 12.5. The first-order valence-electron chi connectivity index (χ1n) is 8.27. The molecule has 0 radical (unpaired) electrons. The Hall–Kier alpha value is -2.26. The Morgan fingerprint density at radius 1 is 1.28 bits per heavy atom. The normalized spacial score (nSPS) is 19.4. The van der Waals surface area contributed by atoms with Crippen molar-refractivity contribution in [3.8, 4) is 0 Å². The first-order chi connectivity index (χ1) is 12.1. The summed E-state index contributed by atoms with van der Waals surface area (Å²) < 4.78 is 34.3. The van der Waals surface area contributed by atoms with Crippen molar-refractivity contribution in [1.29, 1.82) is 0 Å². The summed E-state index contributed by atoms with van der Waals surface area (Å²) in [4.78, 5) is 0. The van der Waals surface area contributed by atoms with Gasteiger partial charge in [-0.3, -0.25) is 4.68 Å². The molecule has 3 aromatic rings. The molecule has 2 aromatic heterocycles. The highest BCUT2D eigenvalue weighted by atomic mass is 32.2. The van der Waals surface area contributed by atoms with E-state index in [1.165, 1.54) is 0 Å². The molecule has 9 heteroatoms. The number of fused-ring (bicyclic) bond motifs is 1. The second kappa shape index (κ2) is 6.57. The topological polar surface area (TPSA) is 94.1 Å². The fraction of sp³-hybridized carbons (Fsp3) is 0.438. The van der Waals surface area contributed by atoms with Crippen molar-refractivity contribution in [3.63, 3.8) is 0 Å². The maximum atomic E-state index is 12.9. The van der Waals surface area contributed by atoms with Crippen molar-refractivity contribution in [2.45, 2.75) is 25.1 Å². The molecule has 0 amide bonds. The second-order valence-electron chi connectivity index (χ2n) is 6.37. The molecule has 1 unspecified atom stereocenters. The summed E-state index contributed by atoms with van der Waals surface area (Å²) in [5.74, 6) is 0.0966. The summed E-state index contributed by atoms with van der Waals surface area (Å²) >= 11 is 0. The van der Waals surface area contributed by atoms with E-state index in [-0.39, 0.29) is 11.7 Å². The number of piperidine rings is 1. The fourth-order valence-corrected chi connectivity index (χ4v) is 4.91. The average molecular weight is 361 g/mol. The van der Waals surface area contributed by atoms with Gasteiger partial charge in [-0.05, 0) is 30.9 Å². The van der Waals surface area contributed by atoms with Crippen LogP contribution >= 0.6 is 0 Å². The van der Waals surface area contributed by atoms with Crippen molar-refractivity contribution in [3.05, 3.63) is 42.4 Å². The van der Waals surface area contributed by atoms with Crippen LogP contribution < -0.4 is 0 Å². The van der Waals surface area contributed by atoms with E-state index in [1.54, 1.807) is 27.4 Å². The summed E-state index contributed by atoms with van der Waals surface area (Å²) in [6.45, 7) is 1.73. The number of aromatic nitrogens is 4. The molecule has 1 saturated heterocycles. The third kappa shape index (κ3) is 3.42. The molecule has 0 aliphatic carbocycles. The van der Waals surface area contributed by atoms with Crippen molar-refractivity contribution in [2.75, 3.05) is 13.1 Å². The molecule has 1 aromatic carbocycles. The van der Waals surface area contributed by atoms with Gasteiger partial charge in [0.25, 0.3) is 0 Å². The minimum Gasteiger partial charge on any atom is -0.356 e. The third-order valence-electron chi connectivity index (χ3n) is 4.56. The van der Waals surface area contributed by atoms with Crippen LogP contribution in [0.2, 0.25) is 0 Å². The molecule has 1 aliphatic heterocycles. The standard InChI is InChI=1S/C16H19N5O3S/c22-25(23,12-15-14-5-1-2-6-16(14)24-18-15)21-8-3-4-13(11-21)10-20-9-7-17-19-20/h1-2,5-7,9,13H,3-4,8,10-12H2. The highest BCUT2D eigenvalue weighted by Gasteiger charge is 2.30. The van der Waals surface area contributed by atoms with Crippen LogP contribution in [0.25, 0.3) is 11.0 Å². The van der Waals surface area contributed by atoms with Crippen LogP contribution in [0.1, 0.15) is 18.5 Å². The predicted octanol–water partition coefficient (Wildman–Crippen LogP) is 1.66. The molecule has 4 rings (SSSR count). The predicted molar refractivity (Wildman–Crippen MR) is 91.0 cm³/mol. The molecule has 8 nitrogen and oxygen atoms in total. The van der Waals surface area contributed by atoms with Gasteiger partial charge in [0.1, 0.15) is 11.4 Å². The van der Waals surface area contributed by atoms with Crippen LogP contribution in [0.4, 0.5) is 0 Å². The smallest absolute Gasteiger partial charge is 0.220 e. The lowest BCUT2D eigenvalue weighted by molar-refractivity contribution is 0.238. The molecule has 0 N–H and O–H groups in total. The lowest BCUT2D eigenvalue weighted by Crippen LogP contribution is -2.41. The van der Waals surface area contributed by atoms with Gasteiger partial charge in [-0.25, -0.2) is 12.7 Å². The second-order valence-corrected chi connectivity index (χ2v) is 8.34. The molecular weight excluding hydrogens is 342 g/mol. The number of hydrogen-bond donors (Lipinski definition) is 0. The van der Waals surface area contributed by atoms with Crippen molar-refractivity contribution in [1.82, 2.24) is 24.5 Å². The van der Waals surface area contributed by atoms with Crippen LogP contribution in [0.15, 0.2) is 41.2 Å². The van der Waals surface area contributed by atoms with E-state index in [1.807, 2.05) is 18.2 Å². The van der Waals surface area contributed by atoms with E-state index in [9.17, 15) is 8.42 Å². The van der Waals surface area contributed by atoms with Gasteiger partial charge in [0.15, 0.2) is 5.58 Å². The van der Waals surface area contributed by atoms with Gasteiger partial charge in [0, 0.05) is 31.2 Å². The number of rotatable bonds is 5. The van der Waals surface area contributed by atoms with Gasteiger partial charge in [0.2, 0.25) is 10.0 Å². The van der Waals surface area contributed by atoms with Crippen LogP contribution in [-0.4, -0.2) is 46.0 Å². The SMILES string of the molecule is O=S(=O)(Cc1noc2ccccc12)N1CCCC(Cn2ccnn2)C1. The Labute approximate surface area is 145 Å². The molecule has 25 heavy (non-hydrogen) atoms. The zero-order valence-corrected chi connectivity index (χ0v) is 14.5. The molecular formula is C16H19N5O3S. The van der Waals surface area contributed by atoms with E-state index >= 15 is 0 Å². The highest BCUT2D eigenvalue weighted by molar-refractivity contribution is 7.88. The minimum atomic E-state index is -3.44. The number of para-hydroxylation sites is 1. The maximum Gasteiger partial charge on any atom is 0.220 e. The Kier molecular flexibility index (Phi) is 4.26. The van der Waals surface area contributed by atoms with Gasteiger partial charge in [-0.15, -0.1) is 5.10 Å². The van der Waals surface area contributed by atoms with Crippen LogP contribution in [-0.2, 0) is 22.3 Å². The Balaban J connectivity index is 1.49. The first-order valence-corrected chi connectivity index (χ1v) is 9.88. The summed E-state index contributed by atoms with van der Waals surface area (Å²) in [7, 11) is -3.44. The Bertz CT molecular complexity index is 951. The molecule has 0 spiro atoms. The molecule has 3 heterocycles. The number of benzene rings is 1. The summed E-state index contributed by atoms with van der Waals surface area (Å²) in [6, 6.07) is 7.31. The van der Waals surface area contributed by atoms with E-state index in [4.69, 9.17) is 4.52 Å². The third-order valence-corrected chi connectivity index (χ3v) is 6.32. The molecule has 0 bridgehead atoms.